The quantitative estimate of drug-likeness (QED) is 0.247. The lowest BCUT2D eigenvalue weighted by Gasteiger charge is -2.38. The number of likely N-dealkylation sites (tertiary alicyclic amines) is 1. The molecule has 0 saturated carbocycles. The van der Waals surface area contributed by atoms with Crippen LogP contribution >= 0.6 is 0 Å². The van der Waals surface area contributed by atoms with Crippen LogP contribution in [0.3, 0.4) is 0 Å². The molecule has 1 unspecified atom stereocenters. The van der Waals surface area contributed by atoms with E-state index in [1.807, 2.05) is 0 Å². The van der Waals surface area contributed by atoms with Crippen LogP contribution in [0.2, 0.25) is 0 Å². The SMILES string of the molecule is Cc1c(OS(=O)(=O)C(F)(F)F)ccc2c1C1CCCN(C(=O)c3ccc4ncn(S(=O)(=O)C(F)(F)F)c4c3)[C@H]1C2. The van der Waals surface area contributed by atoms with Gasteiger partial charge < -0.3 is 9.08 Å². The molecule has 1 saturated heterocycles. The molecule has 17 heteroatoms. The molecule has 0 bridgehead atoms. The van der Waals surface area contributed by atoms with Crippen LogP contribution in [0.4, 0.5) is 26.3 Å². The topological polar surface area (TPSA) is 116 Å². The summed E-state index contributed by atoms with van der Waals surface area (Å²) < 4.78 is 129. The summed E-state index contributed by atoms with van der Waals surface area (Å²) in [6.07, 6.45) is 1.81. The molecule has 2 aliphatic rings. The average molecular weight is 612 g/mol. The minimum atomic E-state index is -5.90. The highest BCUT2D eigenvalue weighted by Gasteiger charge is 2.50. The third kappa shape index (κ3) is 4.38. The van der Waals surface area contributed by atoms with Gasteiger partial charge in [-0.3, -0.25) is 4.79 Å². The molecule has 1 aliphatic carbocycles. The number of amides is 1. The van der Waals surface area contributed by atoms with Gasteiger partial charge in [0.2, 0.25) is 0 Å². The number of aromatic nitrogens is 2. The number of carbonyl (C=O) groups is 1. The minimum Gasteiger partial charge on any atom is -0.376 e. The van der Waals surface area contributed by atoms with Gasteiger partial charge in [0.25, 0.3) is 5.91 Å². The Morgan fingerprint density at radius 1 is 1.02 bits per heavy atom. The van der Waals surface area contributed by atoms with Crippen LogP contribution in [-0.4, -0.2) is 60.2 Å². The van der Waals surface area contributed by atoms with Crippen molar-refractivity contribution >= 4 is 37.1 Å². The molecule has 2 atom stereocenters. The number of piperidine rings is 1. The first-order valence-electron chi connectivity index (χ1n) is 11.7. The summed E-state index contributed by atoms with van der Waals surface area (Å²) in [5.41, 5.74) is -10.4. The van der Waals surface area contributed by atoms with E-state index in [2.05, 4.69) is 9.17 Å². The van der Waals surface area contributed by atoms with Gasteiger partial charge in [-0.15, -0.1) is 0 Å². The first-order valence-corrected chi connectivity index (χ1v) is 14.5. The van der Waals surface area contributed by atoms with Crippen molar-refractivity contribution < 1.29 is 52.2 Å². The molecule has 0 spiro atoms. The van der Waals surface area contributed by atoms with Gasteiger partial charge in [0, 0.05) is 24.1 Å². The van der Waals surface area contributed by atoms with Gasteiger partial charge in [0.05, 0.1) is 11.0 Å². The van der Waals surface area contributed by atoms with Crippen molar-refractivity contribution in [1.82, 2.24) is 13.9 Å². The Morgan fingerprint density at radius 2 is 1.73 bits per heavy atom. The molecule has 9 nitrogen and oxygen atoms in total. The van der Waals surface area contributed by atoms with Crippen molar-refractivity contribution in [3.05, 3.63) is 58.9 Å². The zero-order valence-corrected chi connectivity index (χ0v) is 22.0. The van der Waals surface area contributed by atoms with Crippen molar-refractivity contribution in [3.63, 3.8) is 0 Å². The largest absolute Gasteiger partial charge is 0.534 e. The van der Waals surface area contributed by atoms with Crippen molar-refractivity contribution in [2.24, 2.45) is 0 Å². The van der Waals surface area contributed by atoms with Crippen molar-refractivity contribution in [3.8, 4) is 5.75 Å². The van der Waals surface area contributed by atoms with Crippen LogP contribution in [0.15, 0.2) is 36.7 Å². The molecule has 2 aromatic carbocycles. The third-order valence-corrected chi connectivity index (χ3v) is 9.55. The summed E-state index contributed by atoms with van der Waals surface area (Å²) >= 11 is 0. The average Bonchev–Trinajstić information content (AvgIpc) is 3.45. The molecule has 0 radical (unpaired) electrons. The molecular formula is C23H19F6N3O6S2. The van der Waals surface area contributed by atoms with Gasteiger partial charge >= 0.3 is 31.2 Å². The number of rotatable bonds is 4. The van der Waals surface area contributed by atoms with Crippen LogP contribution in [-0.2, 0) is 26.6 Å². The first-order chi connectivity index (χ1) is 18.4. The lowest BCUT2D eigenvalue weighted by Crippen LogP contribution is -2.46. The number of benzene rings is 2. The van der Waals surface area contributed by atoms with E-state index >= 15 is 0 Å². The van der Waals surface area contributed by atoms with Crippen molar-refractivity contribution in [2.75, 3.05) is 6.54 Å². The van der Waals surface area contributed by atoms with E-state index < -0.39 is 54.4 Å². The van der Waals surface area contributed by atoms with Crippen LogP contribution in [0.25, 0.3) is 11.0 Å². The van der Waals surface area contributed by atoms with E-state index in [4.69, 9.17) is 0 Å². The molecule has 3 aromatic rings. The molecule has 1 aromatic heterocycles. The fourth-order valence-electron chi connectivity index (χ4n) is 5.43. The number of imidazole rings is 1. The number of nitrogens with zero attached hydrogens (tertiary/aromatic N) is 3. The summed E-state index contributed by atoms with van der Waals surface area (Å²) in [5, 5.41) is 0. The Morgan fingerprint density at radius 3 is 2.38 bits per heavy atom. The van der Waals surface area contributed by atoms with Gasteiger partial charge in [-0.05, 0) is 67.1 Å². The standard InChI is InChI=1S/C23H19F6N3O6S2/c1-12-19(38-40(36,37)23(27,28)29)7-5-13-9-17-15(20(12)13)3-2-8-31(17)21(33)14-4-6-16-18(10-14)32(11-30-16)39(34,35)22(24,25)26/h4-7,10-11,15,17H,2-3,8-9H2,1H3/t15?,17-/m0/s1. The lowest BCUT2D eigenvalue weighted by atomic mass is 9.86. The lowest BCUT2D eigenvalue weighted by molar-refractivity contribution is -0.0500. The predicted octanol–water partition coefficient (Wildman–Crippen LogP) is 4.22. The second kappa shape index (κ2) is 9.09. The van der Waals surface area contributed by atoms with Gasteiger partial charge in [0.15, 0.2) is 0 Å². The van der Waals surface area contributed by atoms with E-state index in [0.717, 1.165) is 12.1 Å². The number of hydrogen-bond donors (Lipinski definition) is 0. The van der Waals surface area contributed by atoms with Crippen LogP contribution in [0.1, 0.15) is 45.8 Å². The maximum Gasteiger partial charge on any atom is 0.534 e. The summed E-state index contributed by atoms with van der Waals surface area (Å²) in [6.45, 7) is 1.69. The summed E-state index contributed by atoms with van der Waals surface area (Å²) in [6, 6.07) is 5.63. The van der Waals surface area contributed by atoms with E-state index in [1.54, 1.807) is 0 Å². The first kappa shape index (κ1) is 28.2. The molecule has 5 rings (SSSR count). The number of alkyl halides is 6. The molecular weight excluding hydrogens is 592 g/mol. The fourth-order valence-corrected chi connectivity index (χ4v) is 6.74. The summed E-state index contributed by atoms with van der Waals surface area (Å²) in [4.78, 5) is 18.7. The van der Waals surface area contributed by atoms with Gasteiger partial charge in [-0.25, -0.2) is 8.96 Å². The summed E-state index contributed by atoms with van der Waals surface area (Å²) in [5.74, 6) is -1.44. The normalized spacial score (nSPS) is 19.9. The summed E-state index contributed by atoms with van der Waals surface area (Å²) in [7, 11) is -11.7. The molecule has 2 heterocycles. The Balaban J connectivity index is 1.47. The van der Waals surface area contributed by atoms with Crippen molar-refractivity contribution in [2.45, 2.75) is 49.2 Å². The maximum absolute atomic E-state index is 13.6. The smallest absolute Gasteiger partial charge is 0.376 e. The van der Waals surface area contributed by atoms with Gasteiger partial charge in [-0.1, -0.05) is 6.07 Å². The Kier molecular flexibility index (Phi) is 6.41. The zero-order chi connectivity index (χ0) is 29.4. The molecule has 0 N–H and O–H groups in total. The number of fused-ring (bicyclic) bond motifs is 4. The fraction of sp³-hybridized carbons (Fsp3) is 0.391. The molecule has 40 heavy (non-hydrogen) atoms. The van der Waals surface area contributed by atoms with Gasteiger partial charge in [0.1, 0.15) is 12.1 Å². The third-order valence-electron chi connectivity index (χ3n) is 7.19. The minimum absolute atomic E-state index is 0.0383. The highest BCUT2D eigenvalue weighted by Crippen LogP contribution is 2.46. The Bertz CT molecular complexity index is 1750. The molecule has 1 fully saturated rings. The van der Waals surface area contributed by atoms with E-state index in [9.17, 15) is 48.0 Å². The van der Waals surface area contributed by atoms with Crippen LogP contribution in [0, 0.1) is 6.92 Å². The van der Waals surface area contributed by atoms with Crippen molar-refractivity contribution in [1.29, 1.82) is 0 Å². The van der Waals surface area contributed by atoms with E-state index in [1.165, 1.54) is 30.0 Å². The molecule has 216 valence electrons. The Labute approximate surface area is 223 Å². The maximum atomic E-state index is 13.6. The zero-order valence-electron chi connectivity index (χ0n) is 20.3. The Hall–Kier alpha value is -3.34. The number of carbonyl (C=O) groups excluding carboxylic acids is 1. The predicted molar refractivity (Wildman–Crippen MR) is 127 cm³/mol. The number of hydrogen-bond acceptors (Lipinski definition) is 7. The second-order valence-electron chi connectivity index (χ2n) is 9.46. The van der Waals surface area contributed by atoms with E-state index in [-0.39, 0.29) is 33.1 Å². The number of halogens is 6. The van der Waals surface area contributed by atoms with Crippen LogP contribution < -0.4 is 4.18 Å². The van der Waals surface area contributed by atoms with E-state index in [0.29, 0.717) is 36.7 Å². The molecule has 1 amide bonds. The second-order valence-corrected chi connectivity index (χ2v) is 12.8. The monoisotopic (exact) mass is 611 g/mol. The van der Waals surface area contributed by atoms with Gasteiger partial charge in [-0.2, -0.15) is 43.2 Å². The molecule has 1 aliphatic heterocycles. The highest BCUT2D eigenvalue weighted by atomic mass is 32.2. The highest BCUT2D eigenvalue weighted by molar-refractivity contribution is 7.91. The van der Waals surface area contributed by atoms with Crippen LogP contribution in [0.5, 0.6) is 5.75 Å².